The largest absolute Gasteiger partial charge is 0.507 e. The van der Waals surface area contributed by atoms with Crippen molar-refractivity contribution in [2.24, 2.45) is 0 Å². The number of aromatic hydroxyl groups is 1. The molecule has 1 N–H and O–H groups in total. The fraction of sp³-hybridized carbons (Fsp3) is 0.250. The fourth-order valence-electron chi connectivity index (χ4n) is 2.19. The summed E-state index contributed by atoms with van der Waals surface area (Å²) in [5.41, 5.74) is 0.539. The molecule has 5 nitrogen and oxygen atoms in total. The quantitative estimate of drug-likeness (QED) is 0.797. The summed E-state index contributed by atoms with van der Waals surface area (Å²) in [5.74, 6) is 1.01. The Morgan fingerprint density at radius 1 is 1.24 bits per heavy atom. The summed E-state index contributed by atoms with van der Waals surface area (Å²) < 4.78 is 10.4. The van der Waals surface area contributed by atoms with Crippen molar-refractivity contribution in [3.8, 4) is 17.2 Å². The predicted octanol–water partition coefficient (Wildman–Crippen LogP) is 3.17. The van der Waals surface area contributed by atoms with Crippen LogP contribution >= 0.6 is 0 Å². The molecule has 1 unspecified atom stereocenters. The topological polar surface area (TPSA) is 68.4 Å². The van der Waals surface area contributed by atoms with Gasteiger partial charge < -0.3 is 14.4 Å². The maximum absolute atomic E-state index is 10.1. The SMILES string of the molecule is COC(C)Cc1noc(-c2cc3ccccc3cc2O)n1. The summed E-state index contributed by atoms with van der Waals surface area (Å²) in [6.07, 6.45) is 0.578. The van der Waals surface area contributed by atoms with Crippen LogP contribution in [0.2, 0.25) is 0 Å². The molecular formula is C16H16N2O3. The number of benzene rings is 2. The molecule has 1 aromatic heterocycles. The third kappa shape index (κ3) is 2.73. The Bertz CT molecular complexity index is 767. The highest BCUT2D eigenvalue weighted by atomic mass is 16.5. The molecule has 0 saturated carbocycles. The van der Waals surface area contributed by atoms with Gasteiger partial charge in [0.15, 0.2) is 5.82 Å². The van der Waals surface area contributed by atoms with Crippen molar-refractivity contribution in [1.82, 2.24) is 10.1 Å². The molecule has 2 aromatic carbocycles. The number of hydrogen-bond donors (Lipinski definition) is 1. The van der Waals surface area contributed by atoms with E-state index in [0.717, 1.165) is 10.8 Å². The average molecular weight is 284 g/mol. The number of ether oxygens (including phenoxy) is 1. The lowest BCUT2D eigenvalue weighted by Gasteiger charge is -2.04. The number of aromatic nitrogens is 2. The van der Waals surface area contributed by atoms with Crippen LogP contribution in [0.25, 0.3) is 22.2 Å². The Kier molecular flexibility index (Phi) is 3.58. The molecular weight excluding hydrogens is 268 g/mol. The van der Waals surface area contributed by atoms with E-state index in [1.807, 2.05) is 37.3 Å². The van der Waals surface area contributed by atoms with Crippen LogP contribution in [-0.4, -0.2) is 28.5 Å². The molecule has 5 heteroatoms. The van der Waals surface area contributed by atoms with Crippen LogP contribution in [0.4, 0.5) is 0 Å². The lowest BCUT2D eigenvalue weighted by molar-refractivity contribution is 0.116. The van der Waals surface area contributed by atoms with E-state index in [0.29, 0.717) is 23.7 Å². The van der Waals surface area contributed by atoms with E-state index in [1.54, 1.807) is 13.2 Å². The van der Waals surface area contributed by atoms with Gasteiger partial charge in [0.2, 0.25) is 0 Å². The van der Waals surface area contributed by atoms with Crippen LogP contribution in [0, 0.1) is 0 Å². The third-order valence-electron chi connectivity index (χ3n) is 3.43. The zero-order chi connectivity index (χ0) is 14.8. The molecule has 3 rings (SSSR count). The summed E-state index contributed by atoms with van der Waals surface area (Å²) >= 11 is 0. The standard InChI is InChI=1S/C16H16N2O3/c1-10(20-2)7-15-17-16(21-18-15)13-8-11-5-3-4-6-12(11)9-14(13)19/h3-6,8-10,19H,7H2,1-2H3. The van der Waals surface area contributed by atoms with Crippen molar-refractivity contribution in [2.75, 3.05) is 7.11 Å². The van der Waals surface area contributed by atoms with Gasteiger partial charge in [-0.25, -0.2) is 0 Å². The van der Waals surface area contributed by atoms with E-state index in [-0.39, 0.29) is 11.9 Å². The lowest BCUT2D eigenvalue weighted by atomic mass is 10.1. The van der Waals surface area contributed by atoms with E-state index in [4.69, 9.17) is 9.26 Å². The highest BCUT2D eigenvalue weighted by Crippen LogP contribution is 2.32. The number of methoxy groups -OCH3 is 1. The van der Waals surface area contributed by atoms with Crippen molar-refractivity contribution in [1.29, 1.82) is 0 Å². The van der Waals surface area contributed by atoms with E-state index in [9.17, 15) is 5.11 Å². The Hall–Kier alpha value is -2.40. The maximum atomic E-state index is 10.1. The number of phenolic OH excluding ortho intramolecular Hbond substituents is 1. The number of rotatable bonds is 4. The van der Waals surface area contributed by atoms with Crippen LogP contribution in [0.1, 0.15) is 12.7 Å². The minimum Gasteiger partial charge on any atom is -0.507 e. The van der Waals surface area contributed by atoms with Gasteiger partial charge in [-0.15, -0.1) is 0 Å². The van der Waals surface area contributed by atoms with Gasteiger partial charge in [0, 0.05) is 13.5 Å². The minimum atomic E-state index is 0.0145. The zero-order valence-electron chi connectivity index (χ0n) is 11.9. The first-order valence-corrected chi connectivity index (χ1v) is 6.75. The number of fused-ring (bicyclic) bond motifs is 1. The molecule has 21 heavy (non-hydrogen) atoms. The van der Waals surface area contributed by atoms with E-state index < -0.39 is 0 Å². The lowest BCUT2D eigenvalue weighted by Crippen LogP contribution is -2.09. The summed E-state index contributed by atoms with van der Waals surface area (Å²) in [4.78, 5) is 4.32. The van der Waals surface area contributed by atoms with Crippen LogP contribution in [0.5, 0.6) is 5.75 Å². The van der Waals surface area contributed by atoms with Crippen molar-refractivity contribution in [3.05, 3.63) is 42.2 Å². The molecule has 0 spiro atoms. The summed E-state index contributed by atoms with van der Waals surface area (Å²) in [6, 6.07) is 11.3. The molecule has 0 aliphatic rings. The van der Waals surface area contributed by atoms with Gasteiger partial charge in [0.1, 0.15) is 5.75 Å². The molecule has 0 fully saturated rings. The Morgan fingerprint density at radius 3 is 2.67 bits per heavy atom. The summed E-state index contributed by atoms with van der Waals surface area (Å²) in [6.45, 7) is 1.93. The molecule has 1 atom stereocenters. The van der Waals surface area contributed by atoms with Crippen molar-refractivity contribution >= 4 is 10.8 Å². The smallest absolute Gasteiger partial charge is 0.261 e. The summed E-state index contributed by atoms with van der Waals surface area (Å²) in [7, 11) is 1.64. The van der Waals surface area contributed by atoms with Crippen LogP contribution < -0.4 is 0 Å². The normalized spacial score (nSPS) is 12.7. The highest BCUT2D eigenvalue weighted by molar-refractivity contribution is 5.89. The highest BCUT2D eigenvalue weighted by Gasteiger charge is 2.15. The molecule has 3 aromatic rings. The minimum absolute atomic E-state index is 0.0145. The van der Waals surface area contributed by atoms with Crippen LogP contribution in [0.3, 0.4) is 0 Å². The predicted molar refractivity (Wildman–Crippen MR) is 79.1 cm³/mol. The van der Waals surface area contributed by atoms with E-state index >= 15 is 0 Å². The first kappa shape index (κ1) is 13.6. The number of phenols is 1. The summed E-state index contributed by atoms with van der Waals surface area (Å²) in [5, 5.41) is 16.0. The molecule has 0 saturated heterocycles. The fourth-order valence-corrected chi connectivity index (χ4v) is 2.19. The van der Waals surface area contributed by atoms with E-state index in [1.165, 1.54) is 0 Å². The van der Waals surface area contributed by atoms with E-state index in [2.05, 4.69) is 10.1 Å². The first-order chi connectivity index (χ1) is 10.2. The number of nitrogens with zero attached hydrogens (tertiary/aromatic N) is 2. The average Bonchev–Trinajstić information content (AvgIpc) is 2.94. The van der Waals surface area contributed by atoms with Gasteiger partial charge in [-0.1, -0.05) is 29.4 Å². The van der Waals surface area contributed by atoms with Crippen molar-refractivity contribution in [3.63, 3.8) is 0 Å². The Balaban J connectivity index is 1.98. The van der Waals surface area contributed by atoms with Gasteiger partial charge in [-0.3, -0.25) is 0 Å². The maximum Gasteiger partial charge on any atom is 0.261 e. The van der Waals surface area contributed by atoms with Gasteiger partial charge in [0.05, 0.1) is 11.7 Å². The molecule has 108 valence electrons. The molecule has 1 heterocycles. The molecule has 0 amide bonds. The molecule has 0 aliphatic heterocycles. The van der Waals surface area contributed by atoms with Gasteiger partial charge in [0.25, 0.3) is 5.89 Å². The van der Waals surface area contributed by atoms with Crippen LogP contribution in [-0.2, 0) is 11.2 Å². The number of hydrogen-bond acceptors (Lipinski definition) is 5. The second kappa shape index (κ2) is 5.54. The molecule has 0 aliphatic carbocycles. The van der Waals surface area contributed by atoms with Gasteiger partial charge in [-0.2, -0.15) is 4.98 Å². The second-order valence-electron chi connectivity index (χ2n) is 4.98. The molecule has 0 radical (unpaired) electrons. The molecule has 0 bridgehead atoms. The van der Waals surface area contributed by atoms with Gasteiger partial charge in [-0.05, 0) is 29.8 Å². The second-order valence-corrected chi connectivity index (χ2v) is 4.98. The third-order valence-corrected chi connectivity index (χ3v) is 3.43. The van der Waals surface area contributed by atoms with Crippen molar-refractivity contribution in [2.45, 2.75) is 19.4 Å². The first-order valence-electron chi connectivity index (χ1n) is 6.75. The van der Waals surface area contributed by atoms with Crippen LogP contribution in [0.15, 0.2) is 40.9 Å². The van der Waals surface area contributed by atoms with Gasteiger partial charge >= 0.3 is 0 Å². The Labute approximate surface area is 122 Å². The van der Waals surface area contributed by atoms with Crippen molar-refractivity contribution < 1.29 is 14.4 Å². The monoisotopic (exact) mass is 284 g/mol. The zero-order valence-corrected chi connectivity index (χ0v) is 11.9. The Morgan fingerprint density at radius 2 is 1.95 bits per heavy atom.